The second kappa shape index (κ2) is 8.81. The van der Waals surface area contributed by atoms with Gasteiger partial charge in [-0.1, -0.05) is 24.6 Å². The minimum absolute atomic E-state index is 0.0273. The van der Waals surface area contributed by atoms with Gasteiger partial charge in [0.1, 0.15) is 17.0 Å². The molecule has 0 aliphatic heterocycles. The van der Waals surface area contributed by atoms with E-state index in [0.29, 0.717) is 5.39 Å². The van der Waals surface area contributed by atoms with Crippen LogP contribution in [0.25, 0.3) is 21.3 Å². The van der Waals surface area contributed by atoms with E-state index in [2.05, 4.69) is 23.2 Å². The molecular formula is C26H30N2O3S. The number of rotatable bonds is 4. The third kappa shape index (κ3) is 3.90. The molecule has 5 rings (SSSR count). The molecule has 2 aromatic heterocycles. The van der Waals surface area contributed by atoms with Crippen molar-refractivity contribution in [3.63, 3.8) is 0 Å². The van der Waals surface area contributed by atoms with Gasteiger partial charge in [-0.2, -0.15) is 0 Å². The summed E-state index contributed by atoms with van der Waals surface area (Å²) in [4.78, 5) is 32.8. The number of hydrogen-bond acceptors (Lipinski definition) is 5. The molecule has 2 aliphatic carbocycles. The Balaban J connectivity index is 1.52. The molecular weight excluding hydrogens is 420 g/mol. The van der Waals surface area contributed by atoms with E-state index >= 15 is 0 Å². The molecule has 0 radical (unpaired) electrons. The van der Waals surface area contributed by atoms with E-state index in [1.54, 1.807) is 18.3 Å². The zero-order valence-electron chi connectivity index (χ0n) is 18.9. The van der Waals surface area contributed by atoms with Gasteiger partial charge in [0.15, 0.2) is 0 Å². The van der Waals surface area contributed by atoms with Crippen molar-refractivity contribution in [2.75, 3.05) is 0 Å². The Labute approximate surface area is 192 Å². The molecule has 1 saturated carbocycles. The van der Waals surface area contributed by atoms with Crippen molar-refractivity contribution in [2.24, 2.45) is 0 Å². The highest BCUT2D eigenvalue weighted by atomic mass is 32.1. The Hall–Kier alpha value is -2.47. The largest absolute Gasteiger partial charge is 0.461 e. The van der Waals surface area contributed by atoms with E-state index < -0.39 is 6.04 Å². The highest BCUT2D eigenvalue weighted by Gasteiger charge is 2.26. The van der Waals surface area contributed by atoms with Gasteiger partial charge in [0.2, 0.25) is 0 Å². The van der Waals surface area contributed by atoms with Crippen LogP contribution in [0.4, 0.5) is 0 Å². The maximum absolute atomic E-state index is 13.6. The fraction of sp³-hybridized carbons (Fsp3) is 0.500. The molecule has 1 unspecified atom stereocenters. The number of aryl methyl sites for hydroxylation is 3. The minimum atomic E-state index is -0.696. The van der Waals surface area contributed by atoms with Crippen molar-refractivity contribution >= 4 is 27.5 Å². The summed E-state index contributed by atoms with van der Waals surface area (Å²) < 4.78 is 7.18. The van der Waals surface area contributed by atoms with Crippen molar-refractivity contribution in [2.45, 2.75) is 83.8 Å². The molecule has 32 heavy (non-hydrogen) atoms. The van der Waals surface area contributed by atoms with E-state index in [0.717, 1.165) is 59.4 Å². The maximum Gasteiger partial charge on any atom is 0.329 e. The number of ether oxygens (including phenoxy) is 1. The molecule has 2 heterocycles. The number of esters is 1. The van der Waals surface area contributed by atoms with Crippen LogP contribution in [0.5, 0.6) is 0 Å². The molecule has 1 fully saturated rings. The number of carbonyl (C=O) groups is 1. The van der Waals surface area contributed by atoms with Crippen LogP contribution in [0.2, 0.25) is 0 Å². The summed E-state index contributed by atoms with van der Waals surface area (Å²) in [7, 11) is 0. The lowest BCUT2D eigenvalue weighted by Crippen LogP contribution is -2.32. The van der Waals surface area contributed by atoms with Gasteiger partial charge < -0.3 is 4.74 Å². The molecule has 3 aromatic rings. The van der Waals surface area contributed by atoms with Crippen LogP contribution >= 0.6 is 11.3 Å². The van der Waals surface area contributed by atoms with Crippen LogP contribution in [-0.4, -0.2) is 21.6 Å². The highest BCUT2D eigenvalue weighted by Crippen LogP contribution is 2.37. The molecule has 0 N–H and O–H groups in total. The predicted molar refractivity (Wildman–Crippen MR) is 128 cm³/mol. The molecule has 168 valence electrons. The quantitative estimate of drug-likeness (QED) is 0.475. The van der Waals surface area contributed by atoms with Crippen LogP contribution in [0.1, 0.15) is 73.9 Å². The van der Waals surface area contributed by atoms with E-state index in [1.165, 1.54) is 41.3 Å². The summed E-state index contributed by atoms with van der Waals surface area (Å²) in [6, 6.07) is 5.90. The molecule has 1 aromatic carbocycles. The zero-order valence-corrected chi connectivity index (χ0v) is 19.7. The molecule has 6 heteroatoms. The van der Waals surface area contributed by atoms with Crippen LogP contribution in [0.15, 0.2) is 29.3 Å². The normalized spacial score (nSPS) is 17.8. The van der Waals surface area contributed by atoms with Crippen molar-refractivity contribution in [3.8, 4) is 11.1 Å². The summed E-state index contributed by atoms with van der Waals surface area (Å²) in [5.74, 6) is -0.345. The van der Waals surface area contributed by atoms with Crippen LogP contribution < -0.4 is 5.56 Å². The standard InChI is InChI=1S/C26H30N2O3S/c1-16(26(30)31-21-10-4-3-5-11-21)28-15-27-24-23(25(28)29)22(17(2)32-24)20-13-12-18-8-6-7-9-19(18)14-20/h12-16,21H,3-11H2,1-2H3. The number of fused-ring (bicyclic) bond motifs is 2. The molecule has 5 nitrogen and oxygen atoms in total. The van der Waals surface area contributed by atoms with Gasteiger partial charge in [-0.15, -0.1) is 11.3 Å². The van der Waals surface area contributed by atoms with Crippen LogP contribution in [0.3, 0.4) is 0 Å². The van der Waals surface area contributed by atoms with Gasteiger partial charge >= 0.3 is 5.97 Å². The first-order valence-electron chi connectivity index (χ1n) is 11.9. The summed E-state index contributed by atoms with van der Waals surface area (Å²) in [5, 5.41) is 0.614. The first-order chi connectivity index (χ1) is 15.5. The van der Waals surface area contributed by atoms with Gasteiger partial charge in [-0.25, -0.2) is 9.78 Å². The molecule has 0 spiro atoms. The smallest absolute Gasteiger partial charge is 0.329 e. The fourth-order valence-corrected chi connectivity index (χ4v) is 6.19. The lowest BCUT2D eigenvalue weighted by atomic mass is 9.89. The third-order valence-corrected chi connectivity index (χ3v) is 8.06. The number of nitrogens with zero attached hydrogens (tertiary/aromatic N) is 2. The molecule has 0 bridgehead atoms. The summed E-state index contributed by atoms with van der Waals surface area (Å²) in [6.07, 6.45) is 11.4. The number of hydrogen-bond donors (Lipinski definition) is 0. The predicted octanol–water partition coefficient (Wildman–Crippen LogP) is 5.75. The third-order valence-electron chi connectivity index (χ3n) is 7.04. The van der Waals surface area contributed by atoms with E-state index in [-0.39, 0.29) is 17.6 Å². The molecule has 0 amide bonds. The molecule has 0 saturated heterocycles. The van der Waals surface area contributed by atoms with Gasteiger partial charge in [0, 0.05) is 10.4 Å². The lowest BCUT2D eigenvalue weighted by Gasteiger charge is -2.24. The van der Waals surface area contributed by atoms with Crippen molar-refractivity contribution in [1.82, 2.24) is 9.55 Å². The Bertz CT molecular complexity index is 1220. The Kier molecular flexibility index (Phi) is 5.89. The average Bonchev–Trinajstić information content (AvgIpc) is 3.16. The van der Waals surface area contributed by atoms with Crippen LogP contribution in [-0.2, 0) is 22.4 Å². The first-order valence-corrected chi connectivity index (χ1v) is 12.7. The van der Waals surface area contributed by atoms with Crippen LogP contribution in [0, 0.1) is 6.92 Å². The number of carbonyl (C=O) groups excluding carboxylic acids is 1. The number of thiophene rings is 1. The fourth-order valence-electron chi connectivity index (χ4n) is 5.19. The van der Waals surface area contributed by atoms with Gasteiger partial charge in [0.05, 0.1) is 11.7 Å². The summed E-state index contributed by atoms with van der Waals surface area (Å²) in [5.41, 5.74) is 4.68. The first kappa shape index (κ1) is 21.4. The molecule has 1 atom stereocenters. The topological polar surface area (TPSA) is 61.2 Å². The van der Waals surface area contributed by atoms with E-state index in [1.807, 2.05) is 6.92 Å². The van der Waals surface area contributed by atoms with E-state index in [4.69, 9.17) is 4.74 Å². The number of benzene rings is 1. The monoisotopic (exact) mass is 450 g/mol. The molecule has 2 aliphatic rings. The average molecular weight is 451 g/mol. The number of aromatic nitrogens is 2. The highest BCUT2D eigenvalue weighted by molar-refractivity contribution is 7.19. The zero-order chi connectivity index (χ0) is 22.2. The van der Waals surface area contributed by atoms with E-state index in [9.17, 15) is 9.59 Å². The van der Waals surface area contributed by atoms with Crippen molar-refractivity contribution in [1.29, 1.82) is 0 Å². The van der Waals surface area contributed by atoms with Crippen molar-refractivity contribution in [3.05, 3.63) is 50.9 Å². The van der Waals surface area contributed by atoms with Crippen molar-refractivity contribution < 1.29 is 9.53 Å². The second-order valence-electron chi connectivity index (χ2n) is 9.23. The Morgan fingerprint density at radius 3 is 2.66 bits per heavy atom. The maximum atomic E-state index is 13.6. The minimum Gasteiger partial charge on any atom is -0.461 e. The summed E-state index contributed by atoms with van der Waals surface area (Å²) >= 11 is 1.54. The SMILES string of the molecule is Cc1sc2ncn(C(C)C(=O)OC3CCCCC3)c(=O)c2c1-c1ccc2c(c1)CCCC2. The second-order valence-corrected chi connectivity index (χ2v) is 10.4. The van der Waals surface area contributed by atoms with Gasteiger partial charge in [-0.05, 0) is 81.9 Å². The Morgan fingerprint density at radius 2 is 1.88 bits per heavy atom. The summed E-state index contributed by atoms with van der Waals surface area (Å²) in [6.45, 7) is 3.78. The van der Waals surface area contributed by atoms with Gasteiger partial charge in [-0.3, -0.25) is 9.36 Å². The van der Waals surface area contributed by atoms with Gasteiger partial charge in [0.25, 0.3) is 5.56 Å². The Morgan fingerprint density at radius 1 is 1.12 bits per heavy atom. The lowest BCUT2D eigenvalue weighted by molar-refractivity contribution is -0.154.